The second-order valence-corrected chi connectivity index (χ2v) is 7.42. The first-order valence-electron chi connectivity index (χ1n) is 8.81. The zero-order chi connectivity index (χ0) is 20.5. The van der Waals surface area contributed by atoms with E-state index in [9.17, 15) is 4.79 Å². The topological polar surface area (TPSA) is 75.5 Å². The SMILES string of the molecule is Cc1cc(C)n(-c2ccc(Cl)c(C(=O)OCc3cc(Cl)cc4c3OCOC4)n2)n1. The molecule has 1 aromatic carbocycles. The number of carbonyl (C=O) groups is 1. The molecule has 150 valence electrons. The normalized spacial score (nSPS) is 13.0. The van der Waals surface area contributed by atoms with Gasteiger partial charge in [-0.15, -0.1) is 0 Å². The van der Waals surface area contributed by atoms with Gasteiger partial charge in [0.1, 0.15) is 12.4 Å². The molecule has 0 radical (unpaired) electrons. The second kappa shape index (κ2) is 8.02. The number of rotatable bonds is 4. The molecule has 0 amide bonds. The summed E-state index contributed by atoms with van der Waals surface area (Å²) in [6.45, 7) is 4.26. The van der Waals surface area contributed by atoms with Gasteiger partial charge in [-0.1, -0.05) is 23.2 Å². The zero-order valence-corrected chi connectivity index (χ0v) is 17.3. The molecule has 0 saturated carbocycles. The number of benzene rings is 1. The van der Waals surface area contributed by atoms with Crippen molar-refractivity contribution in [3.63, 3.8) is 0 Å². The molecule has 3 aromatic rings. The van der Waals surface area contributed by atoms with Crippen molar-refractivity contribution in [3.05, 3.63) is 68.6 Å². The standard InChI is InChI=1S/C20H17Cl2N3O4/c1-11-5-12(2)25(24-11)17-4-3-16(22)18(23-17)20(26)28-9-14-7-15(21)6-13-8-27-10-29-19(13)14/h3-7H,8-10H2,1-2H3. The van der Waals surface area contributed by atoms with E-state index in [1.807, 2.05) is 19.9 Å². The van der Waals surface area contributed by atoms with Crippen LogP contribution in [0, 0.1) is 13.8 Å². The maximum atomic E-state index is 12.7. The minimum atomic E-state index is -0.654. The van der Waals surface area contributed by atoms with E-state index in [-0.39, 0.29) is 24.1 Å². The highest BCUT2D eigenvalue weighted by Crippen LogP contribution is 2.32. The number of aryl methyl sites for hydroxylation is 2. The maximum Gasteiger partial charge on any atom is 0.358 e. The lowest BCUT2D eigenvalue weighted by atomic mass is 10.1. The van der Waals surface area contributed by atoms with Gasteiger partial charge in [-0.05, 0) is 44.2 Å². The van der Waals surface area contributed by atoms with Crippen LogP contribution in [0.4, 0.5) is 0 Å². The lowest BCUT2D eigenvalue weighted by molar-refractivity contribution is -0.0180. The Labute approximate surface area is 177 Å². The molecule has 0 saturated heterocycles. The Morgan fingerprint density at radius 2 is 2.07 bits per heavy atom. The summed E-state index contributed by atoms with van der Waals surface area (Å²) in [7, 11) is 0. The average molecular weight is 434 g/mol. The molecule has 9 heteroatoms. The first-order chi connectivity index (χ1) is 13.9. The van der Waals surface area contributed by atoms with Gasteiger partial charge in [-0.25, -0.2) is 14.5 Å². The average Bonchev–Trinajstić information content (AvgIpc) is 3.04. The molecule has 1 aliphatic heterocycles. The summed E-state index contributed by atoms with van der Waals surface area (Å²) in [5.74, 6) is 0.440. The highest BCUT2D eigenvalue weighted by atomic mass is 35.5. The van der Waals surface area contributed by atoms with Gasteiger partial charge >= 0.3 is 5.97 Å². The van der Waals surface area contributed by atoms with Crippen LogP contribution in [0.25, 0.3) is 5.82 Å². The Morgan fingerprint density at radius 3 is 2.83 bits per heavy atom. The molecule has 4 rings (SSSR count). The van der Waals surface area contributed by atoms with Crippen LogP contribution in [0.5, 0.6) is 5.75 Å². The highest BCUT2D eigenvalue weighted by molar-refractivity contribution is 6.33. The van der Waals surface area contributed by atoms with Crippen molar-refractivity contribution in [2.24, 2.45) is 0 Å². The number of pyridine rings is 1. The van der Waals surface area contributed by atoms with Crippen LogP contribution < -0.4 is 4.74 Å². The van der Waals surface area contributed by atoms with E-state index < -0.39 is 5.97 Å². The number of carbonyl (C=O) groups excluding carboxylic acids is 1. The van der Waals surface area contributed by atoms with Crippen molar-refractivity contribution in [1.82, 2.24) is 14.8 Å². The molecule has 0 aliphatic carbocycles. The Hall–Kier alpha value is -2.61. The Kier molecular flexibility index (Phi) is 5.45. The quantitative estimate of drug-likeness (QED) is 0.567. The van der Waals surface area contributed by atoms with Crippen molar-refractivity contribution in [2.75, 3.05) is 6.79 Å². The fourth-order valence-corrected chi connectivity index (χ4v) is 3.58. The van der Waals surface area contributed by atoms with Crippen LogP contribution in [0.1, 0.15) is 33.0 Å². The van der Waals surface area contributed by atoms with Crippen molar-refractivity contribution in [2.45, 2.75) is 27.1 Å². The summed E-state index contributed by atoms with van der Waals surface area (Å²) >= 11 is 12.3. The lowest BCUT2D eigenvalue weighted by Gasteiger charge is -2.21. The predicted molar refractivity (Wildman–Crippen MR) is 107 cm³/mol. The van der Waals surface area contributed by atoms with Crippen molar-refractivity contribution in [3.8, 4) is 11.6 Å². The lowest BCUT2D eigenvalue weighted by Crippen LogP contribution is -2.15. The summed E-state index contributed by atoms with van der Waals surface area (Å²) in [5.41, 5.74) is 3.20. The molecule has 0 unspecified atom stereocenters. The third-order valence-corrected chi connectivity index (χ3v) is 4.88. The molecular formula is C20H17Cl2N3O4. The van der Waals surface area contributed by atoms with Gasteiger partial charge in [0.05, 0.1) is 17.3 Å². The summed E-state index contributed by atoms with van der Waals surface area (Å²) < 4.78 is 17.9. The third-order valence-electron chi connectivity index (χ3n) is 4.36. The number of hydrogen-bond donors (Lipinski definition) is 0. The molecule has 0 bridgehead atoms. The molecule has 0 spiro atoms. The smallest absolute Gasteiger partial charge is 0.358 e. The minimum absolute atomic E-state index is 0.0110. The van der Waals surface area contributed by atoms with Crippen LogP contribution in [0.3, 0.4) is 0 Å². The molecule has 0 atom stereocenters. The summed E-state index contributed by atoms with van der Waals surface area (Å²) in [4.78, 5) is 17.0. The number of nitrogens with zero attached hydrogens (tertiary/aromatic N) is 3. The summed E-state index contributed by atoms with van der Waals surface area (Å²) in [5, 5.41) is 5.08. The van der Waals surface area contributed by atoms with Gasteiger partial charge in [0.2, 0.25) is 0 Å². The van der Waals surface area contributed by atoms with E-state index in [2.05, 4.69) is 10.1 Å². The number of ether oxygens (including phenoxy) is 3. The van der Waals surface area contributed by atoms with E-state index in [0.717, 1.165) is 17.0 Å². The van der Waals surface area contributed by atoms with Crippen LogP contribution in [-0.4, -0.2) is 27.5 Å². The van der Waals surface area contributed by atoms with Gasteiger partial charge in [0, 0.05) is 21.8 Å². The fourth-order valence-electron chi connectivity index (χ4n) is 3.13. The van der Waals surface area contributed by atoms with Crippen molar-refractivity contribution in [1.29, 1.82) is 0 Å². The Bertz CT molecular complexity index is 1100. The fraction of sp³-hybridized carbons (Fsp3) is 0.250. The van der Waals surface area contributed by atoms with E-state index in [0.29, 0.717) is 28.8 Å². The summed E-state index contributed by atoms with van der Waals surface area (Å²) in [6, 6.07) is 8.66. The molecule has 2 aromatic heterocycles. The maximum absolute atomic E-state index is 12.7. The Balaban J connectivity index is 1.57. The number of hydrogen-bond acceptors (Lipinski definition) is 6. The van der Waals surface area contributed by atoms with Crippen LogP contribution in [-0.2, 0) is 22.7 Å². The molecule has 0 fully saturated rings. The number of halogens is 2. The molecule has 0 N–H and O–H groups in total. The zero-order valence-electron chi connectivity index (χ0n) is 15.7. The predicted octanol–water partition coefficient (Wildman–Crippen LogP) is 4.41. The van der Waals surface area contributed by atoms with Gasteiger partial charge < -0.3 is 14.2 Å². The van der Waals surface area contributed by atoms with Gasteiger partial charge in [0.15, 0.2) is 18.3 Å². The van der Waals surface area contributed by atoms with E-state index in [1.165, 1.54) is 0 Å². The number of fused-ring (bicyclic) bond motifs is 1. The minimum Gasteiger partial charge on any atom is -0.467 e. The van der Waals surface area contributed by atoms with Crippen LogP contribution in [0.2, 0.25) is 10.0 Å². The molecular weight excluding hydrogens is 417 g/mol. The largest absolute Gasteiger partial charge is 0.467 e. The molecule has 29 heavy (non-hydrogen) atoms. The van der Waals surface area contributed by atoms with Crippen molar-refractivity contribution >= 4 is 29.2 Å². The Morgan fingerprint density at radius 1 is 1.24 bits per heavy atom. The highest BCUT2D eigenvalue weighted by Gasteiger charge is 2.20. The van der Waals surface area contributed by atoms with Crippen LogP contribution >= 0.6 is 23.2 Å². The first kappa shape index (κ1) is 19.7. The van der Waals surface area contributed by atoms with E-state index in [4.69, 9.17) is 37.4 Å². The molecule has 3 heterocycles. The van der Waals surface area contributed by atoms with Crippen molar-refractivity contribution < 1.29 is 19.0 Å². The van der Waals surface area contributed by atoms with E-state index >= 15 is 0 Å². The number of esters is 1. The number of aromatic nitrogens is 3. The monoisotopic (exact) mass is 433 g/mol. The first-order valence-corrected chi connectivity index (χ1v) is 9.57. The van der Waals surface area contributed by atoms with E-state index in [1.54, 1.807) is 28.9 Å². The van der Waals surface area contributed by atoms with Crippen LogP contribution in [0.15, 0.2) is 30.3 Å². The summed E-state index contributed by atoms with van der Waals surface area (Å²) in [6.07, 6.45) is 0. The van der Waals surface area contributed by atoms with Gasteiger partial charge in [0.25, 0.3) is 0 Å². The molecule has 1 aliphatic rings. The second-order valence-electron chi connectivity index (χ2n) is 6.58. The molecule has 7 nitrogen and oxygen atoms in total. The van der Waals surface area contributed by atoms with Gasteiger partial charge in [-0.2, -0.15) is 5.10 Å². The third kappa shape index (κ3) is 4.07. The van der Waals surface area contributed by atoms with Gasteiger partial charge in [-0.3, -0.25) is 0 Å².